The van der Waals surface area contributed by atoms with E-state index in [2.05, 4.69) is 64.7 Å². The van der Waals surface area contributed by atoms with Crippen LogP contribution < -0.4 is 9.80 Å². The molecule has 1 aromatic heterocycles. The fourth-order valence-electron chi connectivity index (χ4n) is 3.62. The maximum absolute atomic E-state index is 12.8. The summed E-state index contributed by atoms with van der Waals surface area (Å²) in [6.45, 7) is 11.7. The predicted molar refractivity (Wildman–Crippen MR) is 130 cm³/mol. The third kappa shape index (κ3) is 5.28. The summed E-state index contributed by atoms with van der Waals surface area (Å²) in [4.78, 5) is 16.9. The molecule has 0 aliphatic rings. The molecule has 0 saturated carbocycles. The van der Waals surface area contributed by atoms with Gasteiger partial charge < -0.3 is 14.4 Å². The molecular weight excluding hydrogens is 406 g/mol. The molecule has 0 unspecified atom stereocenters. The van der Waals surface area contributed by atoms with Crippen LogP contribution >= 0.6 is 11.8 Å². The first-order valence-corrected chi connectivity index (χ1v) is 11.9. The van der Waals surface area contributed by atoms with E-state index < -0.39 is 0 Å². The number of amides is 1. The smallest absolute Gasteiger partial charge is 0.237 e. The number of nitrogens with zero attached hydrogens (tertiary/aromatic N) is 5. The molecule has 2 aromatic carbocycles. The number of hydrogen-bond acceptors (Lipinski definition) is 5. The number of carbonyl (C=O) groups excluding carboxylic acids is 1. The van der Waals surface area contributed by atoms with Gasteiger partial charge >= 0.3 is 0 Å². The molecule has 0 N–H and O–H groups in total. The van der Waals surface area contributed by atoms with Crippen LogP contribution in [0.15, 0.2) is 59.8 Å². The van der Waals surface area contributed by atoms with Gasteiger partial charge in [0.05, 0.1) is 5.75 Å². The zero-order chi connectivity index (χ0) is 22.2. The first-order valence-electron chi connectivity index (χ1n) is 10.9. The summed E-state index contributed by atoms with van der Waals surface area (Å²) in [6.07, 6.45) is 0. The highest BCUT2D eigenvalue weighted by Crippen LogP contribution is 2.26. The van der Waals surface area contributed by atoms with E-state index in [1.54, 1.807) is 4.90 Å². The fraction of sp³-hybridized carbons (Fsp3) is 0.375. The first-order chi connectivity index (χ1) is 15.1. The molecule has 0 spiro atoms. The molecular formula is C24H31N5OS. The summed E-state index contributed by atoms with van der Waals surface area (Å²) in [5.41, 5.74) is 3.15. The standard InChI is InChI=1S/C24H31N5OS/c1-5-27(6-2)20-16-14-19(15-17-20)23-25-26-24(29(23)8-4)31-18-22(30)28(7-3)21-12-10-9-11-13-21/h9-17H,5-8,18H2,1-4H3. The summed E-state index contributed by atoms with van der Waals surface area (Å²) in [5, 5.41) is 9.57. The summed E-state index contributed by atoms with van der Waals surface area (Å²) in [6, 6.07) is 18.2. The molecule has 0 atom stereocenters. The molecule has 3 aromatic rings. The van der Waals surface area contributed by atoms with Gasteiger partial charge in [0.2, 0.25) is 5.91 Å². The molecule has 0 aliphatic heterocycles. The topological polar surface area (TPSA) is 54.3 Å². The Morgan fingerprint density at radius 1 is 0.871 bits per heavy atom. The molecule has 7 heteroatoms. The second-order valence-corrected chi connectivity index (χ2v) is 7.97. The van der Waals surface area contributed by atoms with Gasteiger partial charge in [0.1, 0.15) is 0 Å². The second-order valence-electron chi connectivity index (χ2n) is 7.03. The molecule has 1 amide bonds. The van der Waals surface area contributed by atoms with E-state index >= 15 is 0 Å². The van der Waals surface area contributed by atoms with E-state index in [0.717, 1.165) is 41.9 Å². The Hall–Kier alpha value is -2.80. The minimum atomic E-state index is 0.0643. The molecule has 164 valence electrons. The van der Waals surface area contributed by atoms with Crippen LogP contribution in [-0.4, -0.2) is 46.1 Å². The molecule has 3 rings (SSSR count). The Morgan fingerprint density at radius 3 is 2.13 bits per heavy atom. The van der Waals surface area contributed by atoms with Gasteiger partial charge in [0.25, 0.3) is 0 Å². The fourth-order valence-corrected chi connectivity index (χ4v) is 4.50. The highest BCUT2D eigenvalue weighted by Gasteiger charge is 2.18. The number of benzene rings is 2. The van der Waals surface area contributed by atoms with Crippen LogP contribution in [-0.2, 0) is 11.3 Å². The van der Waals surface area contributed by atoms with Crippen molar-refractivity contribution in [1.29, 1.82) is 0 Å². The number of rotatable bonds is 10. The van der Waals surface area contributed by atoms with Crippen molar-refractivity contribution < 1.29 is 4.79 Å². The highest BCUT2D eigenvalue weighted by atomic mass is 32.2. The van der Waals surface area contributed by atoms with Crippen molar-refractivity contribution in [3.05, 3.63) is 54.6 Å². The van der Waals surface area contributed by atoms with Crippen LogP contribution in [0.3, 0.4) is 0 Å². The highest BCUT2D eigenvalue weighted by molar-refractivity contribution is 7.99. The van der Waals surface area contributed by atoms with Crippen LogP contribution in [0.4, 0.5) is 11.4 Å². The maximum atomic E-state index is 12.8. The number of anilines is 2. The monoisotopic (exact) mass is 437 g/mol. The van der Waals surface area contributed by atoms with E-state index in [4.69, 9.17) is 0 Å². The van der Waals surface area contributed by atoms with Crippen LogP contribution in [0.2, 0.25) is 0 Å². The van der Waals surface area contributed by atoms with Gasteiger partial charge in [-0.25, -0.2) is 0 Å². The molecule has 1 heterocycles. The lowest BCUT2D eigenvalue weighted by Crippen LogP contribution is -2.32. The Bertz CT molecular complexity index is 967. The minimum absolute atomic E-state index is 0.0643. The van der Waals surface area contributed by atoms with Crippen LogP contribution in [0.25, 0.3) is 11.4 Å². The molecule has 0 fully saturated rings. The van der Waals surface area contributed by atoms with Crippen molar-refractivity contribution in [3.8, 4) is 11.4 Å². The van der Waals surface area contributed by atoms with Gasteiger partial charge in [-0.2, -0.15) is 0 Å². The zero-order valence-corrected chi connectivity index (χ0v) is 19.6. The van der Waals surface area contributed by atoms with Crippen molar-refractivity contribution >= 4 is 29.0 Å². The number of para-hydroxylation sites is 1. The van der Waals surface area contributed by atoms with E-state index in [0.29, 0.717) is 12.3 Å². The second kappa shape index (κ2) is 11.0. The van der Waals surface area contributed by atoms with Gasteiger partial charge in [-0.1, -0.05) is 30.0 Å². The van der Waals surface area contributed by atoms with Crippen molar-refractivity contribution in [2.24, 2.45) is 0 Å². The van der Waals surface area contributed by atoms with Gasteiger partial charge in [0, 0.05) is 43.1 Å². The van der Waals surface area contributed by atoms with Gasteiger partial charge in [-0.15, -0.1) is 10.2 Å². The molecule has 0 bridgehead atoms. The Balaban J connectivity index is 1.73. The maximum Gasteiger partial charge on any atom is 0.237 e. The molecule has 0 aliphatic carbocycles. The molecule has 6 nitrogen and oxygen atoms in total. The average molecular weight is 438 g/mol. The first kappa shape index (κ1) is 22.9. The van der Waals surface area contributed by atoms with E-state index in [1.807, 2.05) is 37.3 Å². The van der Waals surface area contributed by atoms with Crippen LogP contribution in [0.1, 0.15) is 27.7 Å². The Labute approximate surface area is 189 Å². The van der Waals surface area contributed by atoms with E-state index in [9.17, 15) is 4.79 Å². The SMILES string of the molecule is CCN(CC)c1ccc(-c2nnc(SCC(=O)N(CC)c3ccccc3)n2CC)cc1. The van der Waals surface area contributed by atoms with E-state index in [-0.39, 0.29) is 5.91 Å². The summed E-state index contributed by atoms with van der Waals surface area (Å²) >= 11 is 1.44. The average Bonchev–Trinajstić information content (AvgIpc) is 3.23. The largest absolute Gasteiger partial charge is 0.372 e. The lowest BCUT2D eigenvalue weighted by molar-refractivity contribution is -0.116. The Kier molecular flexibility index (Phi) is 8.12. The number of carbonyl (C=O) groups is 1. The molecule has 0 saturated heterocycles. The summed E-state index contributed by atoms with van der Waals surface area (Å²) in [5.74, 6) is 1.22. The summed E-state index contributed by atoms with van der Waals surface area (Å²) in [7, 11) is 0. The lowest BCUT2D eigenvalue weighted by Gasteiger charge is -2.21. The lowest BCUT2D eigenvalue weighted by atomic mass is 10.2. The van der Waals surface area contributed by atoms with Crippen molar-refractivity contribution in [2.45, 2.75) is 39.4 Å². The Morgan fingerprint density at radius 2 is 1.55 bits per heavy atom. The molecule has 0 radical (unpaired) electrons. The summed E-state index contributed by atoms with van der Waals surface area (Å²) < 4.78 is 2.07. The number of aromatic nitrogens is 3. The van der Waals surface area contributed by atoms with Gasteiger partial charge in [-0.05, 0) is 64.1 Å². The molecule has 31 heavy (non-hydrogen) atoms. The predicted octanol–water partition coefficient (Wildman–Crippen LogP) is 4.96. The number of hydrogen-bond donors (Lipinski definition) is 0. The van der Waals surface area contributed by atoms with Crippen LogP contribution in [0, 0.1) is 0 Å². The van der Waals surface area contributed by atoms with Crippen molar-refractivity contribution in [1.82, 2.24) is 14.8 Å². The van der Waals surface area contributed by atoms with Gasteiger partial charge in [0.15, 0.2) is 11.0 Å². The normalized spacial score (nSPS) is 10.8. The van der Waals surface area contributed by atoms with Crippen molar-refractivity contribution in [3.63, 3.8) is 0 Å². The third-order valence-corrected chi connectivity index (χ3v) is 6.25. The van der Waals surface area contributed by atoms with E-state index in [1.165, 1.54) is 17.4 Å². The zero-order valence-electron chi connectivity index (χ0n) is 18.8. The third-order valence-electron chi connectivity index (χ3n) is 5.30. The minimum Gasteiger partial charge on any atom is -0.372 e. The van der Waals surface area contributed by atoms with Crippen molar-refractivity contribution in [2.75, 3.05) is 35.2 Å². The number of thioether (sulfide) groups is 1. The van der Waals surface area contributed by atoms with Crippen LogP contribution in [0.5, 0.6) is 0 Å². The van der Waals surface area contributed by atoms with Gasteiger partial charge in [-0.3, -0.25) is 4.79 Å². The quantitative estimate of drug-likeness (QED) is 0.420.